The number of amides is 1. The molecule has 3 nitrogen and oxygen atoms in total. The second-order valence-electron chi connectivity index (χ2n) is 6.21. The first-order valence-electron chi connectivity index (χ1n) is 6.95. The van der Waals surface area contributed by atoms with Gasteiger partial charge in [-0.15, -0.1) is 0 Å². The van der Waals surface area contributed by atoms with Gasteiger partial charge in [-0.3, -0.25) is 4.79 Å². The fourth-order valence-electron chi connectivity index (χ4n) is 2.41. The molecule has 0 aromatic rings. The van der Waals surface area contributed by atoms with Crippen molar-refractivity contribution in [3.05, 3.63) is 0 Å². The molecule has 0 radical (unpaired) electrons. The van der Waals surface area contributed by atoms with Crippen molar-refractivity contribution in [3.63, 3.8) is 0 Å². The number of hydrogen-bond acceptors (Lipinski definition) is 2. The van der Waals surface area contributed by atoms with Crippen LogP contribution in [0.1, 0.15) is 47.0 Å². The number of carbonyl (C=O) groups excluding carboxylic acids is 1. The van der Waals surface area contributed by atoms with Gasteiger partial charge in [0.25, 0.3) is 0 Å². The minimum absolute atomic E-state index is 0.253. The summed E-state index contributed by atoms with van der Waals surface area (Å²) in [5.41, 5.74) is -0.253. The van der Waals surface area contributed by atoms with E-state index in [1.54, 1.807) is 0 Å². The quantitative estimate of drug-likeness (QED) is 0.817. The molecule has 0 saturated carbocycles. The summed E-state index contributed by atoms with van der Waals surface area (Å²) in [6.07, 6.45) is 3.54. The van der Waals surface area contributed by atoms with Crippen molar-refractivity contribution in [2.45, 2.75) is 47.0 Å². The van der Waals surface area contributed by atoms with Crippen molar-refractivity contribution < 1.29 is 4.79 Å². The minimum Gasteiger partial charge on any atom is -0.342 e. The zero-order chi connectivity index (χ0) is 12.9. The molecule has 1 saturated heterocycles. The maximum atomic E-state index is 12.3. The molecule has 17 heavy (non-hydrogen) atoms. The van der Waals surface area contributed by atoms with Crippen LogP contribution in [0.2, 0.25) is 0 Å². The lowest BCUT2D eigenvalue weighted by atomic mass is 9.92. The Kier molecular flexibility index (Phi) is 5.44. The molecule has 3 heteroatoms. The van der Waals surface area contributed by atoms with E-state index in [9.17, 15) is 4.79 Å². The highest BCUT2D eigenvalue weighted by atomic mass is 16.2. The van der Waals surface area contributed by atoms with Gasteiger partial charge >= 0.3 is 0 Å². The van der Waals surface area contributed by atoms with Crippen molar-refractivity contribution in [2.75, 3.05) is 26.2 Å². The highest BCUT2D eigenvalue weighted by Gasteiger charge is 2.28. The molecule has 1 heterocycles. The van der Waals surface area contributed by atoms with Crippen molar-refractivity contribution >= 4 is 5.91 Å². The molecule has 1 atom stereocenters. The monoisotopic (exact) mass is 240 g/mol. The van der Waals surface area contributed by atoms with E-state index in [1.807, 2.05) is 20.8 Å². The van der Waals surface area contributed by atoms with Gasteiger partial charge in [0.2, 0.25) is 5.91 Å². The number of piperidine rings is 1. The van der Waals surface area contributed by atoms with Gasteiger partial charge < -0.3 is 10.2 Å². The van der Waals surface area contributed by atoms with Gasteiger partial charge in [-0.25, -0.2) is 0 Å². The molecule has 1 fully saturated rings. The largest absolute Gasteiger partial charge is 0.342 e. The fraction of sp³-hybridized carbons (Fsp3) is 0.929. The molecular weight excluding hydrogens is 212 g/mol. The average molecular weight is 240 g/mol. The Bertz CT molecular complexity index is 239. The Morgan fingerprint density at radius 3 is 2.59 bits per heavy atom. The smallest absolute Gasteiger partial charge is 0.227 e. The lowest BCUT2D eigenvalue weighted by Crippen LogP contribution is -2.45. The summed E-state index contributed by atoms with van der Waals surface area (Å²) in [6.45, 7) is 12.2. The molecule has 0 spiro atoms. The van der Waals surface area contributed by atoms with E-state index in [0.29, 0.717) is 11.8 Å². The number of nitrogens with one attached hydrogen (secondary N) is 1. The normalized spacial score (nSPS) is 21.3. The molecule has 100 valence electrons. The topological polar surface area (TPSA) is 32.3 Å². The Morgan fingerprint density at radius 1 is 1.41 bits per heavy atom. The summed E-state index contributed by atoms with van der Waals surface area (Å²) in [6, 6.07) is 0. The van der Waals surface area contributed by atoms with E-state index >= 15 is 0 Å². The van der Waals surface area contributed by atoms with Crippen LogP contribution in [-0.2, 0) is 4.79 Å². The summed E-state index contributed by atoms with van der Waals surface area (Å²) < 4.78 is 0. The van der Waals surface area contributed by atoms with E-state index < -0.39 is 0 Å². The zero-order valence-corrected chi connectivity index (χ0v) is 11.9. The van der Waals surface area contributed by atoms with E-state index in [0.717, 1.165) is 32.6 Å². The van der Waals surface area contributed by atoms with Gasteiger partial charge in [-0.1, -0.05) is 27.7 Å². The predicted octanol–water partition coefficient (Wildman–Crippen LogP) is 2.27. The van der Waals surface area contributed by atoms with Gasteiger partial charge in [0.1, 0.15) is 0 Å². The number of carbonyl (C=O) groups is 1. The number of rotatable bonds is 4. The Balaban J connectivity index is 2.55. The van der Waals surface area contributed by atoms with Crippen LogP contribution in [0.3, 0.4) is 0 Å². The lowest BCUT2D eigenvalue weighted by Gasteiger charge is -2.34. The maximum Gasteiger partial charge on any atom is 0.227 e. The molecule has 0 aromatic heterocycles. The maximum absolute atomic E-state index is 12.3. The molecule has 1 amide bonds. The first-order chi connectivity index (χ1) is 7.95. The molecule has 1 N–H and O–H groups in total. The molecule has 1 aliphatic rings. The molecule has 0 aromatic carbocycles. The van der Waals surface area contributed by atoms with Gasteiger partial charge in [0.15, 0.2) is 0 Å². The highest BCUT2D eigenvalue weighted by molar-refractivity contribution is 5.81. The first-order valence-corrected chi connectivity index (χ1v) is 6.95. The van der Waals surface area contributed by atoms with E-state index in [4.69, 9.17) is 0 Å². The van der Waals surface area contributed by atoms with Gasteiger partial charge in [0, 0.05) is 18.5 Å². The van der Waals surface area contributed by atoms with Crippen molar-refractivity contribution in [1.29, 1.82) is 0 Å². The van der Waals surface area contributed by atoms with Gasteiger partial charge in [-0.2, -0.15) is 0 Å². The fourth-order valence-corrected chi connectivity index (χ4v) is 2.41. The molecule has 0 bridgehead atoms. The lowest BCUT2D eigenvalue weighted by molar-refractivity contribution is -0.140. The first kappa shape index (κ1) is 14.5. The van der Waals surface area contributed by atoms with Crippen LogP contribution in [0.25, 0.3) is 0 Å². The Morgan fingerprint density at radius 2 is 2.12 bits per heavy atom. The van der Waals surface area contributed by atoms with Crippen LogP contribution in [0.15, 0.2) is 0 Å². The van der Waals surface area contributed by atoms with Crippen molar-refractivity contribution in [2.24, 2.45) is 11.3 Å². The number of hydrogen-bond donors (Lipinski definition) is 1. The summed E-state index contributed by atoms with van der Waals surface area (Å²) >= 11 is 0. The summed E-state index contributed by atoms with van der Waals surface area (Å²) in [5.74, 6) is 0.937. The molecule has 1 aliphatic heterocycles. The van der Waals surface area contributed by atoms with Gasteiger partial charge in [0.05, 0.1) is 0 Å². The molecule has 1 rings (SSSR count). The van der Waals surface area contributed by atoms with Gasteiger partial charge in [-0.05, 0) is 38.3 Å². The average Bonchev–Trinajstić information content (AvgIpc) is 2.28. The standard InChI is InChI=1S/C14H28N2O/c1-5-9-16(13(17)14(2,3)4)11-12-7-6-8-15-10-12/h12,15H,5-11H2,1-4H3. The van der Waals surface area contributed by atoms with Crippen LogP contribution in [0.5, 0.6) is 0 Å². The summed E-state index contributed by atoms with van der Waals surface area (Å²) in [7, 11) is 0. The van der Waals surface area contributed by atoms with Crippen LogP contribution >= 0.6 is 0 Å². The van der Waals surface area contributed by atoms with E-state index in [1.165, 1.54) is 12.8 Å². The van der Waals surface area contributed by atoms with Crippen LogP contribution in [0, 0.1) is 11.3 Å². The van der Waals surface area contributed by atoms with Crippen molar-refractivity contribution in [1.82, 2.24) is 10.2 Å². The third kappa shape index (κ3) is 4.66. The molecule has 1 unspecified atom stereocenters. The minimum atomic E-state index is -0.253. The Hall–Kier alpha value is -0.570. The summed E-state index contributed by atoms with van der Waals surface area (Å²) in [4.78, 5) is 14.4. The zero-order valence-electron chi connectivity index (χ0n) is 11.9. The van der Waals surface area contributed by atoms with E-state index in [2.05, 4.69) is 17.1 Å². The third-order valence-corrected chi connectivity index (χ3v) is 3.30. The van der Waals surface area contributed by atoms with E-state index in [-0.39, 0.29) is 5.41 Å². The van der Waals surface area contributed by atoms with Crippen LogP contribution < -0.4 is 5.32 Å². The van der Waals surface area contributed by atoms with Crippen LogP contribution in [-0.4, -0.2) is 37.0 Å². The number of nitrogens with zero attached hydrogens (tertiary/aromatic N) is 1. The molecular formula is C14H28N2O. The highest BCUT2D eigenvalue weighted by Crippen LogP contribution is 2.20. The second kappa shape index (κ2) is 6.39. The second-order valence-corrected chi connectivity index (χ2v) is 6.21. The molecule has 0 aliphatic carbocycles. The third-order valence-electron chi connectivity index (χ3n) is 3.30. The SMILES string of the molecule is CCCN(CC1CCCNC1)C(=O)C(C)(C)C. The van der Waals surface area contributed by atoms with Crippen LogP contribution in [0.4, 0.5) is 0 Å². The predicted molar refractivity (Wildman–Crippen MR) is 71.9 cm³/mol. The van der Waals surface area contributed by atoms with Crippen molar-refractivity contribution in [3.8, 4) is 0 Å². The summed E-state index contributed by atoms with van der Waals surface area (Å²) in [5, 5.41) is 3.42. The Labute approximate surface area is 106 Å².